The zero-order valence-electron chi connectivity index (χ0n) is 8.55. The first-order valence-corrected chi connectivity index (χ1v) is 5.94. The monoisotopic (exact) mass is 289 g/mol. The van der Waals surface area contributed by atoms with E-state index in [2.05, 4.69) is 15.3 Å². The molecule has 3 nitrogen and oxygen atoms in total. The van der Waals surface area contributed by atoms with Crippen molar-refractivity contribution >= 4 is 29.2 Å². The summed E-state index contributed by atoms with van der Waals surface area (Å²) >= 11 is 6.76. The van der Waals surface area contributed by atoms with Crippen LogP contribution in [0.25, 0.3) is 0 Å². The van der Waals surface area contributed by atoms with Gasteiger partial charge in [0.05, 0.1) is 6.54 Å². The van der Waals surface area contributed by atoms with Gasteiger partial charge in [0.1, 0.15) is 11.0 Å². The molecule has 0 bridgehead atoms. The van der Waals surface area contributed by atoms with Crippen molar-refractivity contribution in [1.82, 2.24) is 9.97 Å². The summed E-state index contributed by atoms with van der Waals surface area (Å²) in [4.78, 5) is 7.57. The number of alkyl halides is 4. The lowest BCUT2D eigenvalue weighted by Gasteiger charge is -2.16. The molecule has 0 aliphatic heterocycles. The van der Waals surface area contributed by atoms with Gasteiger partial charge in [0.2, 0.25) is 0 Å². The maximum absolute atomic E-state index is 12.6. The van der Waals surface area contributed by atoms with E-state index in [0.717, 1.165) is 11.8 Å². The van der Waals surface area contributed by atoms with Crippen LogP contribution in [0.15, 0.2) is 11.2 Å². The number of anilines is 1. The molecule has 0 unspecified atom stereocenters. The van der Waals surface area contributed by atoms with Crippen LogP contribution in [0.5, 0.6) is 0 Å². The van der Waals surface area contributed by atoms with E-state index >= 15 is 0 Å². The minimum Gasteiger partial charge on any atom is -0.364 e. The van der Waals surface area contributed by atoms with Crippen LogP contribution in [-0.4, -0.2) is 35.1 Å². The van der Waals surface area contributed by atoms with Crippen molar-refractivity contribution in [2.24, 2.45) is 0 Å². The topological polar surface area (TPSA) is 37.8 Å². The second-order valence-electron chi connectivity index (χ2n) is 2.98. The van der Waals surface area contributed by atoms with Gasteiger partial charge < -0.3 is 5.32 Å². The van der Waals surface area contributed by atoms with Gasteiger partial charge in [-0.05, 0) is 6.26 Å². The van der Waals surface area contributed by atoms with Gasteiger partial charge in [-0.2, -0.15) is 8.78 Å². The molecule has 0 aromatic carbocycles. The molecule has 1 rings (SSSR count). The van der Waals surface area contributed by atoms with Gasteiger partial charge in [-0.25, -0.2) is 18.7 Å². The van der Waals surface area contributed by atoms with Crippen LogP contribution in [0.2, 0.25) is 5.15 Å². The lowest BCUT2D eigenvalue weighted by Crippen LogP contribution is -2.35. The van der Waals surface area contributed by atoms with Crippen molar-refractivity contribution < 1.29 is 17.6 Å². The molecule has 1 aromatic heterocycles. The van der Waals surface area contributed by atoms with E-state index in [1.54, 1.807) is 6.26 Å². The Labute approximate surface area is 104 Å². The number of rotatable bonds is 5. The summed E-state index contributed by atoms with van der Waals surface area (Å²) in [5.41, 5.74) is 0. The van der Waals surface area contributed by atoms with Gasteiger partial charge in [0.15, 0.2) is 5.16 Å². The zero-order valence-corrected chi connectivity index (χ0v) is 10.1. The third-order valence-corrected chi connectivity index (χ3v) is 2.42. The second kappa shape index (κ2) is 5.72. The van der Waals surface area contributed by atoms with Crippen LogP contribution in [0.4, 0.5) is 23.4 Å². The third-order valence-electron chi connectivity index (χ3n) is 1.68. The summed E-state index contributed by atoms with van der Waals surface area (Å²) in [6.07, 6.45) is -2.06. The molecule has 17 heavy (non-hydrogen) atoms. The summed E-state index contributed by atoms with van der Waals surface area (Å²) in [5, 5.41) is 2.42. The third kappa shape index (κ3) is 4.19. The standard InChI is InChI=1S/C8H8ClF4N3S/c1-17-7-15-4(9)2-5(16-7)14-3-8(12,13)6(10)11/h2,6H,3H2,1H3,(H,14,15,16). The summed E-state index contributed by atoms with van der Waals surface area (Å²) in [5.74, 6) is -4.13. The van der Waals surface area contributed by atoms with Crippen molar-refractivity contribution in [2.75, 3.05) is 18.1 Å². The van der Waals surface area contributed by atoms with Crippen LogP contribution in [0.1, 0.15) is 0 Å². The van der Waals surface area contributed by atoms with Crippen LogP contribution >= 0.6 is 23.4 Å². The van der Waals surface area contributed by atoms with Gasteiger partial charge in [0, 0.05) is 6.07 Å². The summed E-state index contributed by atoms with van der Waals surface area (Å²) < 4.78 is 49.0. The highest BCUT2D eigenvalue weighted by Crippen LogP contribution is 2.24. The van der Waals surface area contributed by atoms with Crippen molar-refractivity contribution in [3.8, 4) is 0 Å². The Morgan fingerprint density at radius 2 is 2.12 bits per heavy atom. The van der Waals surface area contributed by atoms with Gasteiger partial charge in [-0.1, -0.05) is 23.4 Å². The second-order valence-corrected chi connectivity index (χ2v) is 4.14. The molecule has 0 saturated carbocycles. The van der Waals surface area contributed by atoms with Crippen molar-refractivity contribution in [3.63, 3.8) is 0 Å². The molecular formula is C8H8ClF4N3S. The average Bonchev–Trinajstić information content (AvgIpc) is 2.25. The Bertz CT molecular complexity index is 391. The van der Waals surface area contributed by atoms with Crippen molar-refractivity contribution in [3.05, 3.63) is 11.2 Å². The van der Waals surface area contributed by atoms with Gasteiger partial charge >= 0.3 is 12.3 Å². The predicted molar refractivity (Wildman–Crippen MR) is 58.3 cm³/mol. The van der Waals surface area contributed by atoms with Crippen LogP contribution < -0.4 is 5.32 Å². The molecule has 0 fully saturated rings. The van der Waals surface area contributed by atoms with Crippen molar-refractivity contribution in [1.29, 1.82) is 0 Å². The van der Waals surface area contributed by atoms with Crippen molar-refractivity contribution in [2.45, 2.75) is 17.5 Å². The Kier molecular flexibility index (Phi) is 4.81. The molecule has 9 heteroatoms. The Balaban J connectivity index is 2.72. The molecule has 1 aromatic rings. The molecule has 0 spiro atoms. The summed E-state index contributed by atoms with van der Waals surface area (Å²) in [7, 11) is 0. The van der Waals surface area contributed by atoms with Crippen LogP contribution in [0.3, 0.4) is 0 Å². The molecule has 0 atom stereocenters. The molecule has 1 heterocycles. The highest BCUT2D eigenvalue weighted by atomic mass is 35.5. The highest BCUT2D eigenvalue weighted by molar-refractivity contribution is 7.98. The lowest BCUT2D eigenvalue weighted by molar-refractivity contribution is -0.117. The molecule has 96 valence electrons. The van der Waals surface area contributed by atoms with E-state index in [1.807, 2.05) is 0 Å². The van der Waals surface area contributed by atoms with Gasteiger partial charge in [-0.3, -0.25) is 0 Å². The van der Waals surface area contributed by atoms with Crippen LogP contribution in [0, 0.1) is 0 Å². The Hall–Kier alpha value is -0.760. The minimum atomic E-state index is -4.11. The number of hydrogen-bond donors (Lipinski definition) is 1. The fraction of sp³-hybridized carbons (Fsp3) is 0.500. The predicted octanol–water partition coefficient (Wildman–Crippen LogP) is 3.16. The van der Waals surface area contributed by atoms with E-state index in [-0.39, 0.29) is 16.1 Å². The average molecular weight is 290 g/mol. The fourth-order valence-corrected chi connectivity index (χ4v) is 1.48. The Morgan fingerprint density at radius 1 is 1.47 bits per heavy atom. The number of aromatic nitrogens is 2. The molecule has 0 radical (unpaired) electrons. The number of thioether (sulfide) groups is 1. The number of halogens is 5. The first-order chi connectivity index (χ1) is 7.85. The summed E-state index contributed by atoms with van der Waals surface area (Å²) in [6.45, 7) is -1.22. The van der Waals surface area contributed by atoms with E-state index in [1.165, 1.54) is 6.07 Å². The smallest absolute Gasteiger partial charge is 0.324 e. The van der Waals surface area contributed by atoms with Gasteiger partial charge in [-0.15, -0.1) is 0 Å². The Morgan fingerprint density at radius 3 is 2.65 bits per heavy atom. The minimum absolute atomic E-state index is 0.0188. The van der Waals surface area contributed by atoms with E-state index < -0.39 is 18.9 Å². The van der Waals surface area contributed by atoms with E-state index in [0.29, 0.717) is 0 Å². The first-order valence-electron chi connectivity index (χ1n) is 4.33. The van der Waals surface area contributed by atoms with Crippen LogP contribution in [-0.2, 0) is 0 Å². The normalized spacial score (nSPS) is 11.9. The fourth-order valence-electron chi connectivity index (χ4n) is 0.864. The SMILES string of the molecule is CSc1nc(Cl)cc(NCC(F)(F)C(F)F)n1. The zero-order chi connectivity index (χ0) is 13.1. The lowest BCUT2D eigenvalue weighted by atomic mass is 10.3. The van der Waals surface area contributed by atoms with E-state index in [9.17, 15) is 17.6 Å². The molecule has 0 amide bonds. The summed E-state index contributed by atoms with van der Waals surface area (Å²) in [6, 6.07) is 1.18. The first kappa shape index (κ1) is 14.3. The molecule has 0 aliphatic rings. The largest absolute Gasteiger partial charge is 0.364 e. The highest BCUT2D eigenvalue weighted by Gasteiger charge is 2.40. The van der Waals surface area contributed by atoms with Gasteiger partial charge in [0.25, 0.3) is 0 Å². The maximum atomic E-state index is 12.6. The molecular weight excluding hydrogens is 282 g/mol. The molecule has 0 aliphatic carbocycles. The number of nitrogens with zero attached hydrogens (tertiary/aromatic N) is 2. The quantitative estimate of drug-likeness (QED) is 0.391. The molecule has 1 N–H and O–H groups in total. The maximum Gasteiger partial charge on any atom is 0.324 e. The molecule has 0 saturated heterocycles. The number of hydrogen-bond acceptors (Lipinski definition) is 4. The van der Waals surface area contributed by atoms with E-state index in [4.69, 9.17) is 11.6 Å². The number of nitrogens with one attached hydrogen (secondary N) is 1.